The average Bonchev–Trinajstić information content (AvgIpc) is 2.45. The lowest BCUT2D eigenvalue weighted by atomic mass is 10.1. The average molecular weight is 273 g/mol. The first-order valence-electron chi connectivity index (χ1n) is 7.32. The van der Waals surface area contributed by atoms with E-state index in [4.69, 9.17) is 4.74 Å². The van der Waals surface area contributed by atoms with Crippen molar-refractivity contribution < 1.29 is 9.53 Å². The SMILES string of the molecule is CC1C/C=C/CCC(=O)NC(c2ccccc2)COC1. The molecule has 0 saturated carbocycles. The highest BCUT2D eigenvalue weighted by molar-refractivity contribution is 5.76. The summed E-state index contributed by atoms with van der Waals surface area (Å²) in [5, 5.41) is 3.07. The molecule has 1 heterocycles. The van der Waals surface area contributed by atoms with Gasteiger partial charge >= 0.3 is 0 Å². The van der Waals surface area contributed by atoms with Crippen molar-refractivity contribution in [2.75, 3.05) is 13.2 Å². The molecule has 3 heteroatoms. The van der Waals surface area contributed by atoms with Crippen LogP contribution in [0, 0.1) is 5.92 Å². The number of carbonyl (C=O) groups is 1. The third-order valence-electron chi connectivity index (χ3n) is 3.47. The number of amides is 1. The molecule has 0 spiro atoms. The molecule has 0 aromatic heterocycles. The fraction of sp³-hybridized carbons (Fsp3) is 0.471. The van der Waals surface area contributed by atoms with E-state index in [0.29, 0.717) is 18.9 Å². The number of carbonyl (C=O) groups excluding carboxylic acids is 1. The van der Waals surface area contributed by atoms with Gasteiger partial charge in [-0.15, -0.1) is 0 Å². The van der Waals surface area contributed by atoms with Gasteiger partial charge in [0.1, 0.15) is 0 Å². The van der Waals surface area contributed by atoms with Gasteiger partial charge < -0.3 is 10.1 Å². The summed E-state index contributed by atoms with van der Waals surface area (Å²) >= 11 is 0. The molecule has 1 aliphatic rings. The van der Waals surface area contributed by atoms with Crippen molar-refractivity contribution in [1.82, 2.24) is 5.32 Å². The number of allylic oxidation sites excluding steroid dienone is 2. The number of hydrogen-bond donors (Lipinski definition) is 1. The van der Waals surface area contributed by atoms with Gasteiger partial charge in [0.15, 0.2) is 0 Å². The van der Waals surface area contributed by atoms with Crippen LogP contribution in [0.25, 0.3) is 0 Å². The summed E-state index contributed by atoms with van der Waals surface area (Å²) < 4.78 is 5.79. The summed E-state index contributed by atoms with van der Waals surface area (Å²) in [5.74, 6) is 0.596. The quantitative estimate of drug-likeness (QED) is 0.798. The standard InChI is InChI=1S/C17H23NO2/c1-14-8-4-2-7-11-17(19)18-16(13-20-12-14)15-9-5-3-6-10-15/h2-6,9-10,14,16H,7-8,11-13H2,1H3,(H,18,19)/b4-2+. The number of ether oxygens (including phenoxy) is 1. The van der Waals surface area contributed by atoms with E-state index in [9.17, 15) is 4.79 Å². The molecular formula is C17H23NO2. The van der Waals surface area contributed by atoms with E-state index >= 15 is 0 Å². The lowest BCUT2D eigenvalue weighted by molar-refractivity contribution is -0.122. The molecule has 2 unspecified atom stereocenters. The van der Waals surface area contributed by atoms with Gasteiger partial charge in [-0.3, -0.25) is 4.79 Å². The fourth-order valence-corrected chi connectivity index (χ4v) is 2.29. The maximum Gasteiger partial charge on any atom is 0.220 e. The highest BCUT2D eigenvalue weighted by Gasteiger charge is 2.15. The topological polar surface area (TPSA) is 38.3 Å². The lowest BCUT2D eigenvalue weighted by Gasteiger charge is -2.21. The smallest absolute Gasteiger partial charge is 0.220 e. The highest BCUT2D eigenvalue weighted by Crippen LogP contribution is 2.15. The summed E-state index contributed by atoms with van der Waals surface area (Å²) in [6, 6.07) is 9.97. The first-order chi connectivity index (χ1) is 9.75. The predicted molar refractivity (Wildman–Crippen MR) is 80.3 cm³/mol. The van der Waals surface area contributed by atoms with Crippen molar-refractivity contribution >= 4 is 5.91 Å². The summed E-state index contributed by atoms with van der Waals surface area (Å²) in [4.78, 5) is 11.9. The molecule has 108 valence electrons. The Morgan fingerprint density at radius 2 is 1.95 bits per heavy atom. The molecule has 20 heavy (non-hydrogen) atoms. The van der Waals surface area contributed by atoms with Crippen LogP contribution in [0.4, 0.5) is 0 Å². The number of hydrogen-bond acceptors (Lipinski definition) is 2. The van der Waals surface area contributed by atoms with E-state index in [1.165, 1.54) is 0 Å². The van der Waals surface area contributed by atoms with Crippen molar-refractivity contribution in [3.8, 4) is 0 Å². The van der Waals surface area contributed by atoms with Gasteiger partial charge in [-0.1, -0.05) is 49.4 Å². The van der Waals surface area contributed by atoms with Gasteiger partial charge in [-0.25, -0.2) is 0 Å². The van der Waals surface area contributed by atoms with E-state index < -0.39 is 0 Å². The summed E-state index contributed by atoms with van der Waals surface area (Å²) in [7, 11) is 0. The second-order valence-corrected chi connectivity index (χ2v) is 5.42. The normalized spacial score (nSPS) is 26.9. The van der Waals surface area contributed by atoms with E-state index in [2.05, 4.69) is 24.4 Å². The number of rotatable bonds is 1. The minimum Gasteiger partial charge on any atom is -0.379 e. The Morgan fingerprint density at radius 3 is 2.75 bits per heavy atom. The van der Waals surface area contributed by atoms with E-state index in [1.807, 2.05) is 30.3 Å². The second kappa shape index (κ2) is 7.85. The molecule has 0 radical (unpaired) electrons. The minimum absolute atomic E-state index is 0.0562. The van der Waals surface area contributed by atoms with Crippen LogP contribution in [0.15, 0.2) is 42.5 Å². The van der Waals surface area contributed by atoms with Gasteiger partial charge in [-0.05, 0) is 24.3 Å². The van der Waals surface area contributed by atoms with Crippen LogP contribution in [0.5, 0.6) is 0 Å². The van der Waals surface area contributed by atoms with Crippen LogP contribution in [-0.4, -0.2) is 19.1 Å². The van der Waals surface area contributed by atoms with E-state index in [-0.39, 0.29) is 11.9 Å². The summed E-state index contributed by atoms with van der Waals surface area (Å²) in [6.07, 6.45) is 6.60. The summed E-state index contributed by atoms with van der Waals surface area (Å²) in [6.45, 7) is 3.44. The van der Waals surface area contributed by atoms with Gasteiger partial charge in [0, 0.05) is 13.0 Å². The first kappa shape index (κ1) is 14.8. The maximum atomic E-state index is 11.9. The van der Waals surface area contributed by atoms with Crippen molar-refractivity contribution in [1.29, 1.82) is 0 Å². The molecule has 1 aromatic carbocycles. The lowest BCUT2D eigenvalue weighted by Crippen LogP contribution is -2.31. The number of benzene rings is 1. The Hall–Kier alpha value is -1.61. The molecule has 2 rings (SSSR count). The maximum absolute atomic E-state index is 11.9. The Labute approximate surface area is 121 Å². The van der Waals surface area contributed by atoms with Crippen LogP contribution in [0.1, 0.15) is 37.8 Å². The third kappa shape index (κ3) is 4.82. The molecule has 1 N–H and O–H groups in total. The monoisotopic (exact) mass is 273 g/mol. The fourth-order valence-electron chi connectivity index (χ4n) is 2.29. The third-order valence-corrected chi connectivity index (χ3v) is 3.47. The zero-order valence-electron chi connectivity index (χ0n) is 12.0. The van der Waals surface area contributed by atoms with Gasteiger partial charge in [0.25, 0.3) is 0 Å². The van der Waals surface area contributed by atoms with E-state index in [1.54, 1.807) is 0 Å². The zero-order chi connectivity index (χ0) is 14.2. The molecule has 1 aliphatic heterocycles. The van der Waals surface area contributed by atoms with Crippen LogP contribution in [0.3, 0.4) is 0 Å². The molecule has 0 fully saturated rings. The highest BCUT2D eigenvalue weighted by atomic mass is 16.5. The van der Waals surface area contributed by atoms with Gasteiger partial charge in [0.05, 0.1) is 12.6 Å². The van der Waals surface area contributed by atoms with Crippen LogP contribution < -0.4 is 5.32 Å². The largest absolute Gasteiger partial charge is 0.379 e. The van der Waals surface area contributed by atoms with Crippen molar-refractivity contribution in [2.24, 2.45) is 5.92 Å². The second-order valence-electron chi connectivity index (χ2n) is 5.42. The van der Waals surface area contributed by atoms with Crippen LogP contribution in [-0.2, 0) is 9.53 Å². The Kier molecular flexibility index (Phi) is 5.81. The molecule has 1 amide bonds. The van der Waals surface area contributed by atoms with Crippen molar-refractivity contribution in [3.63, 3.8) is 0 Å². The van der Waals surface area contributed by atoms with Crippen LogP contribution in [0.2, 0.25) is 0 Å². The van der Waals surface area contributed by atoms with Gasteiger partial charge in [0.2, 0.25) is 5.91 Å². The first-order valence-corrected chi connectivity index (χ1v) is 7.32. The van der Waals surface area contributed by atoms with Crippen molar-refractivity contribution in [3.05, 3.63) is 48.0 Å². The molecule has 0 bridgehead atoms. The number of nitrogens with one attached hydrogen (secondary N) is 1. The molecule has 2 atom stereocenters. The molecule has 1 aromatic rings. The zero-order valence-corrected chi connectivity index (χ0v) is 12.0. The Morgan fingerprint density at radius 1 is 1.15 bits per heavy atom. The molecular weight excluding hydrogens is 250 g/mol. The minimum atomic E-state index is -0.0562. The summed E-state index contributed by atoms with van der Waals surface area (Å²) in [5.41, 5.74) is 1.10. The van der Waals surface area contributed by atoms with E-state index in [0.717, 1.165) is 25.0 Å². The Balaban J connectivity index is 2.05. The van der Waals surface area contributed by atoms with Crippen molar-refractivity contribution in [2.45, 2.75) is 32.2 Å². The molecule has 0 saturated heterocycles. The molecule has 3 nitrogen and oxygen atoms in total. The predicted octanol–water partition coefficient (Wildman–Crippen LogP) is 3.24. The van der Waals surface area contributed by atoms with Gasteiger partial charge in [-0.2, -0.15) is 0 Å². The molecule has 0 aliphatic carbocycles. The van der Waals surface area contributed by atoms with Crippen LogP contribution >= 0.6 is 0 Å². The Bertz CT molecular complexity index is 442.